The lowest BCUT2D eigenvalue weighted by atomic mass is 9.95. The molecule has 3 atom stereocenters. The highest BCUT2D eigenvalue weighted by atomic mass is 19.1. The second-order valence-electron chi connectivity index (χ2n) is 9.42. The number of alkyl halides is 1. The number of carboxylic acids is 1. The SMILES string of the molecule is CN(C)C1([C@@H]2CCN(c3c(F)cc4c(=O)c(C(=O)O)cn([C@@H]5C[C@@H]5F)c4c3C#N)C2)CC1. The molecule has 5 rings (SSSR count). The molecule has 1 aromatic carbocycles. The summed E-state index contributed by atoms with van der Waals surface area (Å²) in [5.74, 6) is -1.87. The molecule has 0 amide bonds. The number of halogens is 2. The minimum Gasteiger partial charge on any atom is -0.477 e. The van der Waals surface area contributed by atoms with E-state index in [0.29, 0.717) is 19.0 Å². The fourth-order valence-electron chi connectivity index (χ4n) is 5.50. The summed E-state index contributed by atoms with van der Waals surface area (Å²) >= 11 is 0. The summed E-state index contributed by atoms with van der Waals surface area (Å²) in [5, 5.41) is 19.2. The smallest absolute Gasteiger partial charge is 0.341 e. The van der Waals surface area contributed by atoms with Gasteiger partial charge in [-0.05, 0) is 45.3 Å². The predicted molar refractivity (Wildman–Crippen MR) is 114 cm³/mol. The van der Waals surface area contributed by atoms with Crippen molar-refractivity contribution in [1.29, 1.82) is 5.26 Å². The molecule has 9 heteroatoms. The third kappa shape index (κ3) is 2.93. The van der Waals surface area contributed by atoms with Gasteiger partial charge in [-0.15, -0.1) is 0 Å². The van der Waals surface area contributed by atoms with Gasteiger partial charge in [0, 0.05) is 31.2 Å². The number of anilines is 1. The van der Waals surface area contributed by atoms with Crippen LogP contribution in [0.4, 0.5) is 14.5 Å². The zero-order chi connectivity index (χ0) is 22.9. The first-order valence-electron chi connectivity index (χ1n) is 10.8. The predicted octanol–water partition coefficient (Wildman–Crippen LogP) is 2.91. The number of pyridine rings is 1. The van der Waals surface area contributed by atoms with Crippen LogP contribution in [0.1, 0.15) is 47.6 Å². The van der Waals surface area contributed by atoms with Gasteiger partial charge in [0.05, 0.1) is 22.6 Å². The van der Waals surface area contributed by atoms with Crippen LogP contribution in [0, 0.1) is 23.1 Å². The zero-order valence-corrected chi connectivity index (χ0v) is 17.9. The highest BCUT2D eigenvalue weighted by Crippen LogP contribution is 2.51. The minimum absolute atomic E-state index is 0.0384. The molecule has 168 valence electrons. The Labute approximate surface area is 183 Å². The lowest BCUT2D eigenvalue weighted by molar-refractivity contribution is 0.0694. The summed E-state index contributed by atoms with van der Waals surface area (Å²) in [6.07, 6.45) is 3.08. The van der Waals surface area contributed by atoms with Crippen molar-refractivity contribution in [3.05, 3.63) is 39.4 Å². The van der Waals surface area contributed by atoms with E-state index in [2.05, 4.69) is 19.0 Å². The van der Waals surface area contributed by atoms with Crippen LogP contribution in [0.3, 0.4) is 0 Å². The molecule has 7 nitrogen and oxygen atoms in total. The molecule has 1 aliphatic heterocycles. The van der Waals surface area contributed by atoms with E-state index in [1.807, 2.05) is 11.0 Å². The second kappa shape index (κ2) is 7.01. The number of nitrogens with zero attached hydrogens (tertiary/aromatic N) is 4. The molecule has 1 aromatic heterocycles. The highest BCUT2D eigenvalue weighted by Gasteiger charge is 2.53. The van der Waals surface area contributed by atoms with Crippen molar-refractivity contribution in [2.24, 2.45) is 5.92 Å². The Morgan fingerprint density at radius 3 is 2.59 bits per heavy atom. The lowest BCUT2D eigenvalue weighted by Gasteiger charge is -2.30. The quantitative estimate of drug-likeness (QED) is 0.766. The maximum atomic E-state index is 15.4. The van der Waals surface area contributed by atoms with Gasteiger partial charge in [0.25, 0.3) is 0 Å². The summed E-state index contributed by atoms with van der Waals surface area (Å²) in [7, 11) is 4.10. The molecular weight excluding hydrogens is 418 g/mol. The van der Waals surface area contributed by atoms with Crippen LogP contribution in [-0.4, -0.2) is 59.4 Å². The summed E-state index contributed by atoms with van der Waals surface area (Å²) in [6, 6.07) is 2.38. The first kappa shape index (κ1) is 20.9. The van der Waals surface area contributed by atoms with E-state index in [4.69, 9.17) is 0 Å². The van der Waals surface area contributed by atoms with Crippen molar-refractivity contribution in [2.75, 3.05) is 32.1 Å². The number of hydrogen-bond donors (Lipinski definition) is 1. The number of hydrogen-bond acceptors (Lipinski definition) is 5. The molecule has 2 heterocycles. The van der Waals surface area contributed by atoms with Gasteiger partial charge in [0.15, 0.2) is 0 Å². The Hall–Kier alpha value is -2.99. The van der Waals surface area contributed by atoms with E-state index in [-0.39, 0.29) is 34.1 Å². The van der Waals surface area contributed by atoms with Crippen LogP contribution in [0.2, 0.25) is 0 Å². The van der Waals surface area contributed by atoms with E-state index in [9.17, 15) is 24.3 Å². The standard InChI is InChI=1S/C23H24F2N4O3/c1-27(2)23(4-5-23)12-3-6-28(10-12)20-14(9-26)19-13(7-17(20)25)21(30)15(22(31)32)11-29(19)18-8-16(18)24/h7,11-12,16,18H,3-6,8,10H2,1-2H3,(H,31,32)/t12-,16+,18-/m1/s1. The first-order chi connectivity index (χ1) is 15.2. The van der Waals surface area contributed by atoms with Gasteiger partial charge in [-0.25, -0.2) is 13.6 Å². The van der Waals surface area contributed by atoms with Crippen molar-refractivity contribution in [1.82, 2.24) is 9.47 Å². The van der Waals surface area contributed by atoms with Gasteiger partial charge < -0.3 is 19.5 Å². The van der Waals surface area contributed by atoms with Crippen molar-refractivity contribution >= 4 is 22.6 Å². The summed E-state index contributed by atoms with van der Waals surface area (Å²) in [6.45, 7) is 1.16. The third-order valence-corrected chi connectivity index (χ3v) is 7.54. The van der Waals surface area contributed by atoms with Gasteiger partial charge in [-0.1, -0.05) is 0 Å². The fourth-order valence-corrected chi connectivity index (χ4v) is 5.50. The number of carbonyl (C=O) groups is 1. The molecule has 32 heavy (non-hydrogen) atoms. The van der Waals surface area contributed by atoms with Crippen molar-refractivity contribution in [3.8, 4) is 6.07 Å². The Morgan fingerprint density at radius 1 is 1.38 bits per heavy atom. The van der Waals surface area contributed by atoms with E-state index in [1.54, 1.807) is 0 Å². The molecule has 3 aliphatic rings. The average molecular weight is 442 g/mol. The number of nitriles is 1. The van der Waals surface area contributed by atoms with E-state index in [0.717, 1.165) is 31.5 Å². The first-order valence-corrected chi connectivity index (χ1v) is 10.8. The van der Waals surface area contributed by atoms with Gasteiger partial charge in [-0.2, -0.15) is 5.26 Å². The molecule has 1 N–H and O–H groups in total. The Bertz CT molecular complexity index is 1240. The number of rotatable bonds is 5. The van der Waals surface area contributed by atoms with Crippen LogP contribution in [0.15, 0.2) is 17.1 Å². The van der Waals surface area contributed by atoms with Gasteiger partial charge in [-0.3, -0.25) is 4.79 Å². The molecule has 2 saturated carbocycles. The van der Waals surface area contributed by atoms with Crippen LogP contribution < -0.4 is 10.3 Å². The maximum absolute atomic E-state index is 15.4. The van der Waals surface area contributed by atoms with E-state index >= 15 is 4.39 Å². The normalized spacial score (nSPS) is 25.9. The minimum atomic E-state index is -1.47. The molecular formula is C23H24F2N4O3. The topological polar surface area (TPSA) is 89.6 Å². The number of benzene rings is 1. The number of carboxylic acid groups (broad SMARTS) is 1. The molecule has 0 radical (unpaired) electrons. The third-order valence-electron chi connectivity index (χ3n) is 7.54. The molecule has 0 bridgehead atoms. The molecule has 0 unspecified atom stereocenters. The highest BCUT2D eigenvalue weighted by molar-refractivity contribution is 5.96. The van der Waals surface area contributed by atoms with Gasteiger partial charge >= 0.3 is 5.97 Å². The Kier molecular flexibility index (Phi) is 4.57. The van der Waals surface area contributed by atoms with Crippen LogP contribution in [-0.2, 0) is 0 Å². The summed E-state index contributed by atoms with van der Waals surface area (Å²) in [5.41, 5.74) is -1.14. The molecule has 0 spiro atoms. The van der Waals surface area contributed by atoms with E-state index in [1.165, 1.54) is 4.57 Å². The largest absolute Gasteiger partial charge is 0.477 e. The number of aromatic nitrogens is 1. The Balaban J connectivity index is 1.68. The second-order valence-corrected chi connectivity index (χ2v) is 9.42. The number of fused-ring (bicyclic) bond motifs is 1. The van der Waals surface area contributed by atoms with Crippen molar-refractivity contribution < 1.29 is 18.7 Å². The Morgan fingerprint density at radius 2 is 2.06 bits per heavy atom. The molecule has 2 aromatic rings. The van der Waals surface area contributed by atoms with E-state index < -0.39 is 35.0 Å². The molecule has 1 saturated heterocycles. The fraction of sp³-hybridized carbons (Fsp3) is 0.522. The molecule has 3 fully saturated rings. The molecule has 2 aliphatic carbocycles. The van der Waals surface area contributed by atoms with Crippen LogP contribution in [0.5, 0.6) is 0 Å². The number of aromatic carboxylic acids is 1. The van der Waals surface area contributed by atoms with Gasteiger partial charge in [0.2, 0.25) is 5.43 Å². The van der Waals surface area contributed by atoms with Gasteiger partial charge in [0.1, 0.15) is 29.2 Å². The zero-order valence-electron chi connectivity index (χ0n) is 17.9. The van der Waals surface area contributed by atoms with Crippen molar-refractivity contribution in [2.45, 2.75) is 43.4 Å². The maximum Gasteiger partial charge on any atom is 0.341 e. The van der Waals surface area contributed by atoms with Crippen LogP contribution in [0.25, 0.3) is 10.9 Å². The average Bonchev–Trinajstić information content (AvgIpc) is 3.65. The summed E-state index contributed by atoms with van der Waals surface area (Å²) in [4.78, 5) is 28.4. The monoisotopic (exact) mass is 442 g/mol. The van der Waals surface area contributed by atoms with Crippen LogP contribution >= 0.6 is 0 Å². The lowest BCUT2D eigenvalue weighted by Crippen LogP contribution is -2.39. The van der Waals surface area contributed by atoms with Crippen molar-refractivity contribution in [3.63, 3.8) is 0 Å². The summed E-state index contributed by atoms with van der Waals surface area (Å²) < 4.78 is 30.7.